The number of hydrogen-bond donors (Lipinski definition) is 0. The summed E-state index contributed by atoms with van der Waals surface area (Å²) in [6, 6.07) is 17.8. The van der Waals surface area contributed by atoms with Gasteiger partial charge in [0, 0.05) is 30.7 Å². The molecule has 3 rings (SSSR count). The summed E-state index contributed by atoms with van der Waals surface area (Å²) >= 11 is 4.92. The molecule has 0 saturated heterocycles. The molecule has 1 heterocycles. The summed E-state index contributed by atoms with van der Waals surface area (Å²) in [7, 11) is 3.73. The number of carbonyl (C=O) groups is 1. The van der Waals surface area contributed by atoms with Crippen molar-refractivity contribution in [2.75, 3.05) is 12.8 Å². The molecule has 2 aromatic carbocycles. The zero-order valence-corrected chi connectivity index (χ0v) is 17.0. The minimum atomic E-state index is 0.0509. The van der Waals surface area contributed by atoms with Crippen molar-refractivity contribution in [1.82, 2.24) is 19.7 Å². The van der Waals surface area contributed by atoms with Gasteiger partial charge in [0.25, 0.3) is 0 Å². The van der Waals surface area contributed by atoms with E-state index in [-0.39, 0.29) is 5.91 Å². The van der Waals surface area contributed by atoms with E-state index in [4.69, 9.17) is 0 Å². The largest absolute Gasteiger partial charge is 0.341 e. The van der Waals surface area contributed by atoms with Crippen molar-refractivity contribution < 1.29 is 4.79 Å². The standard InChI is InChI=1S/C19H19BrN4OS/c1-23(12-15-10-6-7-11-16(15)20)17(25)13-26-19-22-21-18(24(19)2)14-8-4-3-5-9-14/h3-11H,12-13H2,1-2H3. The summed E-state index contributed by atoms with van der Waals surface area (Å²) in [4.78, 5) is 14.2. The molecule has 26 heavy (non-hydrogen) atoms. The van der Waals surface area contributed by atoms with Gasteiger partial charge in [-0.25, -0.2) is 0 Å². The molecule has 7 heteroatoms. The quantitative estimate of drug-likeness (QED) is 0.554. The minimum Gasteiger partial charge on any atom is -0.341 e. The van der Waals surface area contributed by atoms with E-state index in [2.05, 4.69) is 26.1 Å². The fourth-order valence-corrected chi connectivity index (χ4v) is 3.75. The molecule has 0 radical (unpaired) electrons. The lowest BCUT2D eigenvalue weighted by Crippen LogP contribution is -2.28. The Morgan fingerprint density at radius 1 is 1.12 bits per heavy atom. The highest BCUT2D eigenvalue weighted by Crippen LogP contribution is 2.23. The maximum atomic E-state index is 12.5. The van der Waals surface area contributed by atoms with Gasteiger partial charge in [0.2, 0.25) is 5.91 Å². The summed E-state index contributed by atoms with van der Waals surface area (Å²) in [5.74, 6) is 1.17. The van der Waals surface area contributed by atoms with Gasteiger partial charge < -0.3 is 9.47 Å². The van der Waals surface area contributed by atoms with E-state index >= 15 is 0 Å². The molecule has 3 aromatic rings. The molecule has 5 nitrogen and oxygen atoms in total. The van der Waals surface area contributed by atoms with Gasteiger partial charge in [0.15, 0.2) is 11.0 Å². The monoisotopic (exact) mass is 430 g/mol. The van der Waals surface area contributed by atoms with Crippen LogP contribution in [0.25, 0.3) is 11.4 Å². The van der Waals surface area contributed by atoms with Crippen LogP contribution in [-0.2, 0) is 18.4 Å². The van der Waals surface area contributed by atoms with Gasteiger partial charge in [-0.3, -0.25) is 4.79 Å². The van der Waals surface area contributed by atoms with Crippen molar-refractivity contribution in [3.05, 3.63) is 64.6 Å². The van der Waals surface area contributed by atoms with E-state index in [1.165, 1.54) is 11.8 Å². The van der Waals surface area contributed by atoms with Crippen molar-refractivity contribution in [3.63, 3.8) is 0 Å². The third-order valence-corrected chi connectivity index (χ3v) is 5.76. The van der Waals surface area contributed by atoms with Crippen LogP contribution in [0, 0.1) is 0 Å². The van der Waals surface area contributed by atoms with E-state index in [9.17, 15) is 4.79 Å². The Kier molecular flexibility index (Phi) is 6.11. The van der Waals surface area contributed by atoms with Gasteiger partial charge in [-0.2, -0.15) is 0 Å². The molecule has 1 amide bonds. The third-order valence-electron chi connectivity index (χ3n) is 3.98. The maximum Gasteiger partial charge on any atom is 0.233 e. The van der Waals surface area contributed by atoms with Crippen molar-refractivity contribution in [1.29, 1.82) is 0 Å². The van der Waals surface area contributed by atoms with Crippen molar-refractivity contribution >= 4 is 33.6 Å². The number of hydrogen-bond acceptors (Lipinski definition) is 4. The Bertz CT molecular complexity index is 898. The molecule has 0 aliphatic heterocycles. The summed E-state index contributed by atoms with van der Waals surface area (Å²) in [6.45, 7) is 0.564. The third kappa shape index (κ3) is 4.34. The lowest BCUT2D eigenvalue weighted by atomic mass is 10.2. The van der Waals surface area contributed by atoms with E-state index < -0.39 is 0 Å². The molecule has 0 spiro atoms. The number of carbonyl (C=O) groups excluding carboxylic acids is 1. The fraction of sp³-hybridized carbons (Fsp3) is 0.211. The number of nitrogens with zero attached hydrogens (tertiary/aromatic N) is 4. The van der Waals surface area contributed by atoms with Gasteiger partial charge in [-0.05, 0) is 11.6 Å². The fourth-order valence-electron chi connectivity index (χ4n) is 2.49. The zero-order chi connectivity index (χ0) is 18.5. The minimum absolute atomic E-state index is 0.0509. The van der Waals surface area contributed by atoms with Crippen LogP contribution in [-0.4, -0.2) is 38.4 Å². The van der Waals surface area contributed by atoms with E-state index in [0.717, 1.165) is 26.6 Å². The average molecular weight is 431 g/mol. The molecule has 1 aromatic heterocycles. The Labute approximate surface area is 165 Å². The SMILES string of the molecule is CN(Cc1ccccc1Br)C(=O)CSc1nnc(-c2ccccc2)n1C. The smallest absolute Gasteiger partial charge is 0.233 e. The Hall–Kier alpha value is -2.12. The van der Waals surface area contributed by atoms with Gasteiger partial charge in [0.1, 0.15) is 0 Å². The molecule has 0 unspecified atom stereocenters. The summed E-state index contributed by atoms with van der Waals surface area (Å²) in [5, 5.41) is 9.20. The maximum absolute atomic E-state index is 12.5. The average Bonchev–Trinajstić information content (AvgIpc) is 3.03. The highest BCUT2D eigenvalue weighted by molar-refractivity contribution is 9.10. The van der Waals surface area contributed by atoms with E-state index in [1.807, 2.05) is 73.3 Å². The van der Waals surface area contributed by atoms with Gasteiger partial charge >= 0.3 is 0 Å². The summed E-state index contributed by atoms with van der Waals surface area (Å²) < 4.78 is 2.93. The highest BCUT2D eigenvalue weighted by atomic mass is 79.9. The first-order valence-corrected chi connectivity index (χ1v) is 9.89. The van der Waals surface area contributed by atoms with Crippen LogP contribution < -0.4 is 0 Å². The predicted molar refractivity (Wildman–Crippen MR) is 108 cm³/mol. The Balaban J connectivity index is 1.61. The number of benzene rings is 2. The lowest BCUT2D eigenvalue weighted by molar-refractivity contribution is -0.127. The molecule has 0 fully saturated rings. The first kappa shape index (κ1) is 18.7. The Morgan fingerprint density at radius 3 is 2.54 bits per heavy atom. The number of amides is 1. The first-order chi connectivity index (χ1) is 12.6. The van der Waals surface area contributed by atoms with Crippen LogP contribution in [0.15, 0.2) is 64.2 Å². The van der Waals surface area contributed by atoms with Crippen LogP contribution in [0.3, 0.4) is 0 Å². The first-order valence-electron chi connectivity index (χ1n) is 8.11. The molecule has 0 bridgehead atoms. The van der Waals surface area contributed by atoms with Crippen molar-refractivity contribution in [3.8, 4) is 11.4 Å². The second kappa shape index (κ2) is 8.51. The molecule has 0 aliphatic carbocycles. The van der Waals surface area contributed by atoms with Gasteiger partial charge in [-0.15, -0.1) is 10.2 Å². The number of thioether (sulfide) groups is 1. The molecule has 0 saturated carbocycles. The zero-order valence-electron chi connectivity index (χ0n) is 14.6. The molecule has 0 aliphatic rings. The topological polar surface area (TPSA) is 51.0 Å². The van der Waals surface area contributed by atoms with Crippen LogP contribution in [0.1, 0.15) is 5.56 Å². The second-order valence-corrected chi connectivity index (χ2v) is 7.66. The normalized spacial score (nSPS) is 10.7. The van der Waals surface area contributed by atoms with E-state index in [0.29, 0.717) is 12.3 Å². The second-order valence-electron chi connectivity index (χ2n) is 5.86. The predicted octanol–water partition coefficient (Wildman–Crippen LogP) is 4.00. The Morgan fingerprint density at radius 2 is 1.81 bits per heavy atom. The molecule has 134 valence electrons. The lowest BCUT2D eigenvalue weighted by Gasteiger charge is -2.17. The number of rotatable bonds is 6. The number of halogens is 1. The summed E-state index contributed by atoms with van der Waals surface area (Å²) in [5.41, 5.74) is 2.09. The van der Waals surface area contributed by atoms with Crippen molar-refractivity contribution in [2.45, 2.75) is 11.7 Å². The molecule has 0 N–H and O–H groups in total. The van der Waals surface area contributed by atoms with E-state index in [1.54, 1.807) is 4.90 Å². The summed E-state index contributed by atoms with van der Waals surface area (Å²) in [6.07, 6.45) is 0. The van der Waals surface area contributed by atoms with Crippen LogP contribution in [0.5, 0.6) is 0 Å². The highest BCUT2D eigenvalue weighted by Gasteiger charge is 2.15. The molecular weight excluding hydrogens is 412 g/mol. The van der Waals surface area contributed by atoms with Crippen LogP contribution in [0.2, 0.25) is 0 Å². The molecule has 0 atom stereocenters. The van der Waals surface area contributed by atoms with Crippen LogP contribution in [0.4, 0.5) is 0 Å². The van der Waals surface area contributed by atoms with Crippen molar-refractivity contribution in [2.24, 2.45) is 7.05 Å². The number of aromatic nitrogens is 3. The molecular formula is C19H19BrN4OS. The van der Waals surface area contributed by atoms with Gasteiger partial charge in [0.05, 0.1) is 5.75 Å². The van der Waals surface area contributed by atoms with Gasteiger partial charge in [-0.1, -0.05) is 76.2 Å². The van der Waals surface area contributed by atoms with Crippen LogP contribution >= 0.6 is 27.7 Å².